The van der Waals surface area contributed by atoms with Crippen LogP contribution in [0.1, 0.15) is 31.3 Å². The lowest BCUT2D eigenvalue weighted by atomic mass is 9.87. The maximum atomic E-state index is 12.3. The molecule has 0 radical (unpaired) electrons. The van der Waals surface area contributed by atoms with Crippen LogP contribution in [0, 0.1) is 6.92 Å². The number of aryl methyl sites for hydroxylation is 1. The van der Waals surface area contributed by atoms with Crippen LogP contribution in [0.4, 0.5) is 0 Å². The van der Waals surface area contributed by atoms with Crippen LogP contribution < -0.4 is 14.9 Å². The molecule has 22 heavy (non-hydrogen) atoms. The SMILES string of the molecule is COc1cc2c(c3oc(C)cc(=O)c13)[C@@H](O)[C@H](O)C(C)(C)O2. The van der Waals surface area contributed by atoms with Crippen LogP contribution in [0.15, 0.2) is 21.3 Å². The molecule has 0 fully saturated rings. The van der Waals surface area contributed by atoms with Gasteiger partial charge in [-0.3, -0.25) is 4.79 Å². The molecule has 1 aliphatic heterocycles. The number of aliphatic hydroxyl groups excluding tert-OH is 2. The Kier molecular flexibility index (Phi) is 3.19. The summed E-state index contributed by atoms with van der Waals surface area (Å²) < 4.78 is 16.7. The number of aliphatic hydroxyl groups is 2. The Labute approximate surface area is 126 Å². The van der Waals surface area contributed by atoms with E-state index in [0.717, 1.165) is 0 Å². The average molecular weight is 306 g/mol. The van der Waals surface area contributed by atoms with Gasteiger partial charge in [0.25, 0.3) is 0 Å². The number of rotatable bonds is 1. The van der Waals surface area contributed by atoms with E-state index < -0.39 is 17.8 Å². The molecule has 118 valence electrons. The third-order valence-corrected chi connectivity index (χ3v) is 3.99. The van der Waals surface area contributed by atoms with Gasteiger partial charge in [-0.2, -0.15) is 0 Å². The van der Waals surface area contributed by atoms with Crippen molar-refractivity contribution in [1.29, 1.82) is 0 Å². The van der Waals surface area contributed by atoms with Gasteiger partial charge in [0.15, 0.2) is 11.0 Å². The van der Waals surface area contributed by atoms with Crippen molar-refractivity contribution in [2.45, 2.75) is 38.6 Å². The summed E-state index contributed by atoms with van der Waals surface area (Å²) >= 11 is 0. The van der Waals surface area contributed by atoms with Crippen molar-refractivity contribution in [2.24, 2.45) is 0 Å². The number of ether oxygens (including phenoxy) is 2. The Morgan fingerprint density at radius 1 is 1.27 bits per heavy atom. The van der Waals surface area contributed by atoms with Gasteiger partial charge in [-0.25, -0.2) is 0 Å². The van der Waals surface area contributed by atoms with Gasteiger partial charge in [0.2, 0.25) is 0 Å². The van der Waals surface area contributed by atoms with Crippen molar-refractivity contribution >= 4 is 11.0 Å². The second kappa shape index (κ2) is 4.72. The molecule has 0 bridgehead atoms. The van der Waals surface area contributed by atoms with Crippen LogP contribution in [0.25, 0.3) is 11.0 Å². The van der Waals surface area contributed by atoms with E-state index in [-0.39, 0.29) is 22.0 Å². The summed E-state index contributed by atoms with van der Waals surface area (Å²) in [4.78, 5) is 12.3. The largest absolute Gasteiger partial charge is 0.496 e. The minimum Gasteiger partial charge on any atom is -0.496 e. The van der Waals surface area contributed by atoms with E-state index >= 15 is 0 Å². The Balaban J connectivity index is 2.44. The maximum absolute atomic E-state index is 12.3. The van der Waals surface area contributed by atoms with Crippen molar-refractivity contribution in [3.8, 4) is 11.5 Å². The van der Waals surface area contributed by atoms with Crippen LogP contribution in [0.5, 0.6) is 11.5 Å². The van der Waals surface area contributed by atoms with Crippen LogP contribution in [0.2, 0.25) is 0 Å². The highest BCUT2D eigenvalue weighted by molar-refractivity contribution is 5.89. The van der Waals surface area contributed by atoms with E-state index in [1.165, 1.54) is 13.2 Å². The molecular formula is C16H18O6. The lowest BCUT2D eigenvalue weighted by Crippen LogP contribution is -2.48. The first kappa shape index (κ1) is 14.9. The molecule has 1 aromatic carbocycles. The van der Waals surface area contributed by atoms with E-state index in [0.29, 0.717) is 17.3 Å². The molecule has 0 spiro atoms. The Hall–Kier alpha value is -2.05. The highest BCUT2D eigenvalue weighted by Crippen LogP contribution is 2.45. The van der Waals surface area contributed by atoms with Gasteiger partial charge in [0.1, 0.15) is 40.5 Å². The zero-order valence-corrected chi connectivity index (χ0v) is 12.8. The predicted molar refractivity (Wildman–Crippen MR) is 79.4 cm³/mol. The van der Waals surface area contributed by atoms with Gasteiger partial charge in [-0.05, 0) is 20.8 Å². The Morgan fingerprint density at radius 3 is 2.59 bits per heavy atom. The topological polar surface area (TPSA) is 89.1 Å². The highest BCUT2D eigenvalue weighted by atomic mass is 16.5. The zero-order chi connectivity index (χ0) is 16.2. The fourth-order valence-electron chi connectivity index (χ4n) is 2.82. The van der Waals surface area contributed by atoms with Gasteiger partial charge in [0.05, 0.1) is 12.7 Å². The molecule has 0 amide bonds. The summed E-state index contributed by atoms with van der Waals surface area (Å²) in [6.45, 7) is 4.99. The number of methoxy groups -OCH3 is 1. The minimum atomic E-state index is -1.22. The molecule has 3 rings (SSSR count). The van der Waals surface area contributed by atoms with Gasteiger partial charge in [-0.15, -0.1) is 0 Å². The molecule has 0 unspecified atom stereocenters. The van der Waals surface area contributed by atoms with E-state index in [9.17, 15) is 15.0 Å². The van der Waals surface area contributed by atoms with Gasteiger partial charge in [0, 0.05) is 12.1 Å². The molecule has 2 atom stereocenters. The first-order chi connectivity index (χ1) is 10.3. The maximum Gasteiger partial charge on any atom is 0.196 e. The molecule has 0 saturated carbocycles. The van der Waals surface area contributed by atoms with Crippen LogP contribution >= 0.6 is 0 Å². The Bertz CT molecular complexity index is 804. The van der Waals surface area contributed by atoms with Crippen molar-refractivity contribution in [3.63, 3.8) is 0 Å². The standard InChI is InChI=1S/C16H18O6/c1-7-5-8(17)11-9(20-4)6-10-12(14(11)21-7)13(18)15(19)16(2,3)22-10/h5-6,13,15,18-19H,1-4H3/t13-,15+/m1/s1. The third kappa shape index (κ3) is 1.99. The monoisotopic (exact) mass is 306 g/mol. The van der Waals surface area contributed by atoms with Crippen molar-refractivity contribution < 1.29 is 24.1 Å². The van der Waals surface area contributed by atoms with Gasteiger partial charge < -0.3 is 24.1 Å². The second-order valence-corrected chi connectivity index (χ2v) is 6.01. The number of benzene rings is 1. The molecule has 2 aromatic rings. The molecule has 0 aliphatic carbocycles. The normalized spacial score (nSPS) is 23.0. The van der Waals surface area contributed by atoms with E-state index in [1.54, 1.807) is 26.8 Å². The molecule has 2 N–H and O–H groups in total. The third-order valence-electron chi connectivity index (χ3n) is 3.99. The van der Waals surface area contributed by atoms with Crippen molar-refractivity contribution in [1.82, 2.24) is 0 Å². The van der Waals surface area contributed by atoms with E-state index in [4.69, 9.17) is 13.9 Å². The number of hydrogen-bond donors (Lipinski definition) is 2. The summed E-state index contributed by atoms with van der Waals surface area (Å²) in [7, 11) is 1.44. The second-order valence-electron chi connectivity index (χ2n) is 6.01. The Morgan fingerprint density at radius 2 is 1.95 bits per heavy atom. The molecular weight excluding hydrogens is 288 g/mol. The molecule has 1 aliphatic rings. The van der Waals surface area contributed by atoms with Gasteiger partial charge >= 0.3 is 0 Å². The lowest BCUT2D eigenvalue weighted by Gasteiger charge is -2.40. The summed E-state index contributed by atoms with van der Waals surface area (Å²) in [5.74, 6) is 1.04. The van der Waals surface area contributed by atoms with Crippen molar-refractivity contribution in [2.75, 3.05) is 7.11 Å². The number of hydrogen-bond acceptors (Lipinski definition) is 6. The zero-order valence-electron chi connectivity index (χ0n) is 12.8. The fourth-order valence-corrected chi connectivity index (χ4v) is 2.82. The van der Waals surface area contributed by atoms with E-state index in [2.05, 4.69) is 0 Å². The summed E-state index contributed by atoms with van der Waals surface area (Å²) in [6.07, 6.45) is -2.38. The highest BCUT2D eigenvalue weighted by Gasteiger charge is 2.44. The smallest absolute Gasteiger partial charge is 0.196 e. The summed E-state index contributed by atoms with van der Waals surface area (Å²) in [6, 6.07) is 2.90. The summed E-state index contributed by atoms with van der Waals surface area (Å²) in [5.41, 5.74) is -0.801. The molecule has 6 heteroatoms. The molecule has 1 aromatic heterocycles. The van der Waals surface area contributed by atoms with Crippen LogP contribution in [0.3, 0.4) is 0 Å². The van der Waals surface area contributed by atoms with E-state index in [1.807, 2.05) is 0 Å². The minimum absolute atomic E-state index is 0.182. The quantitative estimate of drug-likeness (QED) is 0.833. The number of fused-ring (bicyclic) bond motifs is 3. The first-order valence-corrected chi connectivity index (χ1v) is 6.96. The fraction of sp³-hybridized carbons (Fsp3) is 0.438. The molecule has 6 nitrogen and oxygen atoms in total. The lowest BCUT2D eigenvalue weighted by molar-refractivity contribution is -0.111. The van der Waals surface area contributed by atoms with Crippen LogP contribution in [-0.4, -0.2) is 29.0 Å². The van der Waals surface area contributed by atoms with Gasteiger partial charge in [-0.1, -0.05) is 0 Å². The summed E-state index contributed by atoms with van der Waals surface area (Å²) in [5, 5.41) is 21.0. The molecule has 2 heterocycles. The predicted octanol–water partition coefficient (Wildman–Crippen LogP) is 1.68. The molecule has 0 saturated heterocycles. The average Bonchev–Trinajstić information content (AvgIpc) is 2.42. The van der Waals surface area contributed by atoms with Crippen molar-refractivity contribution in [3.05, 3.63) is 33.7 Å². The van der Waals surface area contributed by atoms with Crippen LogP contribution in [-0.2, 0) is 0 Å². The first-order valence-electron chi connectivity index (χ1n) is 6.96.